The Morgan fingerprint density at radius 2 is 1.11 bits per heavy atom. The molecule has 3 fully saturated rings. The summed E-state index contributed by atoms with van der Waals surface area (Å²) in [5, 5.41) is 36.4. The lowest BCUT2D eigenvalue weighted by atomic mass is 10.0. The zero-order valence-electron chi connectivity index (χ0n) is 23.4. The van der Waals surface area contributed by atoms with Gasteiger partial charge in [-0.15, -0.1) is 0 Å². The van der Waals surface area contributed by atoms with Crippen molar-refractivity contribution in [3.05, 3.63) is 0 Å². The number of likely N-dealkylation sites (tertiary alicyclic amines) is 3. The lowest BCUT2D eigenvalue weighted by molar-refractivity contribution is -0.144. The third-order valence-corrected chi connectivity index (χ3v) is 6.94. The van der Waals surface area contributed by atoms with Gasteiger partial charge in [0.2, 0.25) is 0 Å². The van der Waals surface area contributed by atoms with Crippen LogP contribution in [-0.2, 0) is 9.59 Å². The number of hydrogen-bond donors (Lipinski definition) is 4. The van der Waals surface area contributed by atoms with Gasteiger partial charge in [0, 0.05) is 42.7 Å². The van der Waals surface area contributed by atoms with Crippen molar-refractivity contribution in [2.24, 2.45) is 0 Å². The lowest BCUT2D eigenvalue weighted by Gasteiger charge is -2.34. The molecule has 0 radical (unpaired) electrons. The average molecular weight is 550 g/mol. The molecule has 38 heavy (non-hydrogen) atoms. The highest BCUT2D eigenvalue weighted by molar-refractivity contribution is 5.74. The van der Waals surface area contributed by atoms with Gasteiger partial charge in [-0.3, -0.25) is 24.3 Å². The van der Waals surface area contributed by atoms with Gasteiger partial charge >= 0.3 is 11.9 Å². The summed E-state index contributed by atoms with van der Waals surface area (Å²) < 4.78 is 0. The minimum atomic E-state index is -0.841. The van der Waals surface area contributed by atoms with E-state index in [1.54, 1.807) is 0 Å². The van der Waals surface area contributed by atoms with Gasteiger partial charge in [0.15, 0.2) is 0 Å². The number of carboxylic acids is 2. The smallest absolute Gasteiger partial charge is 0.321 e. The minimum Gasteiger partial charge on any atom is -0.480 e. The molecule has 3 rings (SSSR count). The SMILES string of the molecule is C.C.C.CC(C)(C)N1CC(O)CC1C(=O)O.CC(C)(C)N1CCC(O)C1.CC(C)(C)N1CCCC1C(=O)O. The van der Waals surface area contributed by atoms with Crippen molar-refractivity contribution in [3.8, 4) is 0 Å². The van der Waals surface area contributed by atoms with Crippen LogP contribution in [0.25, 0.3) is 0 Å². The molecule has 3 heterocycles. The molecule has 4 atom stereocenters. The Bertz CT molecular complexity index is 696. The number of aliphatic hydroxyl groups excluding tert-OH is 2. The Morgan fingerprint density at radius 1 is 0.632 bits per heavy atom. The predicted molar refractivity (Wildman–Crippen MR) is 158 cm³/mol. The first-order chi connectivity index (χ1) is 15.7. The molecule has 4 N–H and O–H groups in total. The van der Waals surface area contributed by atoms with Crippen LogP contribution in [0.1, 0.15) is 110 Å². The molecule has 0 bridgehead atoms. The summed E-state index contributed by atoms with van der Waals surface area (Å²) in [6.45, 7) is 21.9. The van der Waals surface area contributed by atoms with E-state index in [2.05, 4.69) is 51.3 Å². The summed E-state index contributed by atoms with van der Waals surface area (Å²) >= 11 is 0. The topological polar surface area (TPSA) is 125 Å². The number of nitrogens with zero attached hydrogens (tertiary/aromatic N) is 3. The van der Waals surface area contributed by atoms with Gasteiger partial charge in [0.1, 0.15) is 12.1 Å². The second-order valence-electron chi connectivity index (χ2n) is 13.0. The largest absolute Gasteiger partial charge is 0.480 e. The van der Waals surface area contributed by atoms with Crippen LogP contribution in [0, 0.1) is 0 Å². The number of hydrogen-bond acceptors (Lipinski definition) is 7. The molecule has 0 saturated carbocycles. The molecule has 0 aromatic rings. The van der Waals surface area contributed by atoms with E-state index in [1.807, 2.05) is 25.7 Å². The summed E-state index contributed by atoms with van der Waals surface area (Å²) in [7, 11) is 0. The summed E-state index contributed by atoms with van der Waals surface area (Å²) in [5.41, 5.74) is 0.0254. The van der Waals surface area contributed by atoms with E-state index in [0.717, 1.165) is 38.9 Å². The molecule has 230 valence electrons. The fourth-order valence-electron chi connectivity index (χ4n) is 4.97. The Hall–Kier alpha value is -1.26. The summed E-state index contributed by atoms with van der Waals surface area (Å²) in [4.78, 5) is 27.9. The Morgan fingerprint density at radius 3 is 1.37 bits per heavy atom. The Kier molecular flexibility index (Phi) is 17.5. The van der Waals surface area contributed by atoms with Crippen LogP contribution in [-0.4, -0.2) is 114 Å². The number of aliphatic carboxylic acids is 2. The molecule has 4 unspecified atom stereocenters. The first kappa shape index (κ1) is 41.2. The van der Waals surface area contributed by atoms with Gasteiger partial charge < -0.3 is 20.4 Å². The van der Waals surface area contributed by atoms with Gasteiger partial charge in [-0.2, -0.15) is 0 Å². The number of rotatable bonds is 2. The van der Waals surface area contributed by atoms with Crippen molar-refractivity contribution >= 4 is 11.9 Å². The van der Waals surface area contributed by atoms with Crippen LogP contribution in [0.5, 0.6) is 0 Å². The first-order valence-corrected chi connectivity index (χ1v) is 12.9. The molecule has 3 saturated heterocycles. The quantitative estimate of drug-likeness (QED) is 0.397. The molecular weight excluding hydrogens is 486 g/mol. The van der Waals surface area contributed by atoms with E-state index in [4.69, 9.17) is 10.2 Å². The van der Waals surface area contributed by atoms with E-state index >= 15 is 0 Å². The van der Waals surface area contributed by atoms with Gasteiger partial charge in [-0.1, -0.05) is 22.3 Å². The first-order valence-electron chi connectivity index (χ1n) is 12.9. The van der Waals surface area contributed by atoms with Gasteiger partial charge in [-0.05, 0) is 88.1 Å². The highest BCUT2D eigenvalue weighted by Gasteiger charge is 2.41. The maximum atomic E-state index is 10.9. The third-order valence-electron chi connectivity index (χ3n) is 6.94. The predicted octanol–water partition coefficient (Wildman–Crippen LogP) is 4.40. The standard InChI is InChI=1S/C9H17NO3.C9H17NO2.C8H17NO.3CH4/c1-9(2,3)10-5-6(11)4-7(10)8(12)13;1-9(2,3)10-6-4-5-7(10)8(11)12;1-8(2,3)9-5-4-7(10)6-9;;;/h6-7,11H,4-5H2,1-3H3,(H,12,13);7H,4-6H2,1-3H3,(H,11,12);7,10H,4-6H2,1-3H3;3*1H4. The van der Waals surface area contributed by atoms with E-state index < -0.39 is 24.1 Å². The normalized spacial score (nSPS) is 26.5. The molecule has 0 spiro atoms. The minimum absolute atomic E-state index is 0. The second-order valence-corrected chi connectivity index (χ2v) is 13.0. The molecule has 0 amide bonds. The Labute approximate surface area is 234 Å². The van der Waals surface area contributed by atoms with E-state index in [1.165, 1.54) is 0 Å². The van der Waals surface area contributed by atoms with Crippen molar-refractivity contribution in [2.45, 2.75) is 151 Å². The molecule has 9 heteroatoms. The summed E-state index contributed by atoms with van der Waals surface area (Å²) in [6.07, 6.45) is 2.50. The monoisotopic (exact) mass is 549 g/mol. The van der Waals surface area contributed by atoms with Crippen LogP contribution in [0.15, 0.2) is 0 Å². The maximum absolute atomic E-state index is 10.9. The van der Waals surface area contributed by atoms with Crippen LogP contribution < -0.4 is 0 Å². The van der Waals surface area contributed by atoms with Crippen molar-refractivity contribution in [1.29, 1.82) is 0 Å². The molecule has 0 aromatic heterocycles. The third kappa shape index (κ3) is 12.7. The van der Waals surface area contributed by atoms with Gasteiger partial charge in [0.25, 0.3) is 0 Å². The van der Waals surface area contributed by atoms with Crippen LogP contribution in [0.2, 0.25) is 0 Å². The summed E-state index contributed by atoms with van der Waals surface area (Å²) in [6, 6.07) is -0.792. The fourth-order valence-corrected chi connectivity index (χ4v) is 4.97. The molecule has 3 aliphatic heterocycles. The van der Waals surface area contributed by atoms with Crippen LogP contribution in [0.3, 0.4) is 0 Å². The number of carboxylic acid groups (broad SMARTS) is 2. The lowest BCUT2D eigenvalue weighted by Crippen LogP contribution is -2.48. The van der Waals surface area contributed by atoms with E-state index in [-0.39, 0.29) is 51.0 Å². The van der Waals surface area contributed by atoms with Crippen LogP contribution in [0.4, 0.5) is 0 Å². The van der Waals surface area contributed by atoms with Crippen molar-refractivity contribution in [2.75, 3.05) is 26.2 Å². The average Bonchev–Trinajstić information content (AvgIpc) is 3.39. The number of β-amino-alcohol motifs (C(OH)–C–C–N with tert-alkyl or cyclic N) is 2. The highest BCUT2D eigenvalue weighted by Crippen LogP contribution is 2.27. The fraction of sp³-hybridized carbons (Fsp3) is 0.931. The molecule has 0 aromatic carbocycles. The molecular formula is C29H63N3O6. The second kappa shape index (κ2) is 16.1. The van der Waals surface area contributed by atoms with Crippen LogP contribution >= 0.6 is 0 Å². The number of carbonyl (C=O) groups is 2. The van der Waals surface area contributed by atoms with E-state index in [9.17, 15) is 19.8 Å². The zero-order valence-corrected chi connectivity index (χ0v) is 23.4. The maximum Gasteiger partial charge on any atom is 0.321 e. The zero-order chi connectivity index (χ0) is 27.4. The molecule has 9 nitrogen and oxygen atoms in total. The van der Waals surface area contributed by atoms with Crippen molar-refractivity contribution < 1.29 is 30.0 Å². The Balaban J connectivity index is -0.000000469. The molecule has 3 aliphatic rings. The summed E-state index contributed by atoms with van der Waals surface area (Å²) in [5.74, 6) is -1.52. The number of aliphatic hydroxyl groups is 2. The van der Waals surface area contributed by atoms with Gasteiger partial charge in [-0.25, -0.2) is 0 Å². The molecule has 0 aliphatic carbocycles. The highest BCUT2D eigenvalue weighted by atomic mass is 16.4. The van der Waals surface area contributed by atoms with Gasteiger partial charge in [0.05, 0.1) is 12.2 Å². The van der Waals surface area contributed by atoms with E-state index in [0.29, 0.717) is 13.0 Å². The van der Waals surface area contributed by atoms with Crippen molar-refractivity contribution in [1.82, 2.24) is 14.7 Å². The van der Waals surface area contributed by atoms with Crippen molar-refractivity contribution in [3.63, 3.8) is 0 Å².